The summed E-state index contributed by atoms with van der Waals surface area (Å²) in [6.07, 6.45) is 1.45. The molecule has 1 saturated heterocycles. The normalized spacial score (nSPS) is 20.3. The van der Waals surface area contributed by atoms with Crippen molar-refractivity contribution in [2.45, 2.75) is 57.6 Å². The molecule has 0 bridgehead atoms. The number of nitrogens with one attached hydrogen (secondary N) is 1. The number of aliphatic hydroxyl groups is 2. The molecule has 1 aliphatic heterocycles. The lowest BCUT2D eigenvalue weighted by atomic mass is 9.89. The maximum Gasteiger partial charge on any atom is 0.253 e. The van der Waals surface area contributed by atoms with Gasteiger partial charge in [0.05, 0.1) is 30.5 Å². The summed E-state index contributed by atoms with van der Waals surface area (Å²) >= 11 is 0. The molecular formula is C42H45N3O5. The zero-order valence-corrected chi connectivity index (χ0v) is 28.7. The van der Waals surface area contributed by atoms with Crippen LogP contribution in [0.25, 0.3) is 11.1 Å². The predicted octanol–water partition coefficient (Wildman–Crippen LogP) is 7.02. The van der Waals surface area contributed by atoms with E-state index in [2.05, 4.69) is 46.4 Å². The van der Waals surface area contributed by atoms with E-state index in [-0.39, 0.29) is 36.7 Å². The lowest BCUT2D eigenvalue weighted by molar-refractivity contribution is -0.276. The second kappa shape index (κ2) is 16.3. The first kappa shape index (κ1) is 35.1. The van der Waals surface area contributed by atoms with Crippen LogP contribution in [0.15, 0.2) is 128 Å². The number of amides is 1. The number of carbonyl (C=O) groups is 1. The summed E-state index contributed by atoms with van der Waals surface area (Å²) in [6.45, 7) is 5.13. The molecule has 0 aliphatic carbocycles. The van der Waals surface area contributed by atoms with Crippen molar-refractivity contribution in [1.29, 1.82) is 0 Å². The molecule has 2 heterocycles. The minimum atomic E-state index is -0.648. The summed E-state index contributed by atoms with van der Waals surface area (Å²) in [5, 5.41) is 23.8. The number of benzene rings is 4. The van der Waals surface area contributed by atoms with E-state index in [9.17, 15) is 15.0 Å². The van der Waals surface area contributed by atoms with E-state index in [0.29, 0.717) is 18.7 Å². The van der Waals surface area contributed by atoms with Gasteiger partial charge in [-0.3, -0.25) is 14.7 Å². The summed E-state index contributed by atoms with van der Waals surface area (Å²) < 4.78 is 13.5. The Balaban J connectivity index is 1.22. The number of pyridine rings is 1. The highest BCUT2D eigenvalue weighted by molar-refractivity contribution is 5.93. The third-order valence-corrected chi connectivity index (χ3v) is 9.68. The summed E-state index contributed by atoms with van der Waals surface area (Å²) in [6, 6.07) is 37.3. The quantitative estimate of drug-likeness (QED) is 0.131. The molecule has 1 fully saturated rings. The fraction of sp³-hybridized carbons (Fsp3) is 0.286. The maximum absolute atomic E-state index is 12.6. The minimum absolute atomic E-state index is 0.00325. The van der Waals surface area contributed by atoms with E-state index < -0.39 is 12.4 Å². The molecule has 0 spiro atoms. The zero-order chi connectivity index (χ0) is 35.0. The molecule has 0 radical (unpaired) electrons. The number of ether oxygens (including phenoxy) is 2. The third-order valence-electron chi connectivity index (χ3n) is 9.68. The maximum atomic E-state index is 12.6. The Morgan fingerprint density at radius 2 is 1.60 bits per heavy atom. The van der Waals surface area contributed by atoms with Crippen LogP contribution in [0.5, 0.6) is 0 Å². The van der Waals surface area contributed by atoms with Crippen LogP contribution < -0.4 is 5.32 Å². The first-order valence-electron chi connectivity index (χ1n) is 17.1. The van der Waals surface area contributed by atoms with Crippen molar-refractivity contribution < 1.29 is 24.5 Å². The van der Waals surface area contributed by atoms with Gasteiger partial charge in [-0.2, -0.15) is 0 Å². The molecule has 1 aliphatic rings. The van der Waals surface area contributed by atoms with Gasteiger partial charge in [0.2, 0.25) is 0 Å². The number of likely N-dealkylation sites (N-methyl/N-ethyl adjacent to an activating group) is 1. The SMILES string of the molecule is C[C@@H]1[C@H](CN(C)[C@@H](C)[C@H](O)c2ccccc2)O[C@H](c2cccc(-c3cccc(CNC(=O)c4cccnc4)c3)c2)O[C@@H]1c1ccc(CO)cc1. The van der Waals surface area contributed by atoms with E-state index in [1.807, 2.05) is 92.8 Å². The molecular weight excluding hydrogens is 626 g/mol. The van der Waals surface area contributed by atoms with Crippen molar-refractivity contribution in [3.05, 3.63) is 161 Å². The Bertz CT molecular complexity index is 1840. The monoisotopic (exact) mass is 671 g/mol. The van der Waals surface area contributed by atoms with E-state index in [1.54, 1.807) is 24.5 Å². The molecule has 0 saturated carbocycles. The van der Waals surface area contributed by atoms with Crippen LogP contribution >= 0.6 is 0 Å². The molecule has 5 aromatic rings. The Morgan fingerprint density at radius 1 is 0.860 bits per heavy atom. The highest BCUT2D eigenvalue weighted by atomic mass is 16.7. The van der Waals surface area contributed by atoms with Gasteiger partial charge in [0.25, 0.3) is 5.91 Å². The van der Waals surface area contributed by atoms with Gasteiger partial charge in [-0.05, 0) is 71.6 Å². The zero-order valence-electron chi connectivity index (χ0n) is 28.7. The van der Waals surface area contributed by atoms with Crippen molar-refractivity contribution in [1.82, 2.24) is 15.2 Å². The Kier molecular flexibility index (Phi) is 11.5. The number of nitrogens with zero attached hydrogens (tertiary/aromatic N) is 2. The fourth-order valence-corrected chi connectivity index (χ4v) is 6.46. The summed E-state index contributed by atoms with van der Waals surface area (Å²) in [5.74, 6) is -0.174. The lowest BCUT2D eigenvalue weighted by Crippen LogP contribution is -2.46. The first-order valence-corrected chi connectivity index (χ1v) is 17.1. The van der Waals surface area contributed by atoms with Crippen LogP contribution in [-0.2, 0) is 22.6 Å². The molecule has 50 heavy (non-hydrogen) atoms. The van der Waals surface area contributed by atoms with Gasteiger partial charge in [0.15, 0.2) is 6.29 Å². The van der Waals surface area contributed by atoms with Crippen LogP contribution in [0, 0.1) is 5.92 Å². The third kappa shape index (κ3) is 8.35. The Hall–Kier alpha value is -4.70. The van der Waals surface area contributed by atoms with E-state index in [1.165, 1.54) is 0 Å². The average Bonchev–Trinajstić information content (AvgIpc) is 3.18. The van der Waals surface area contributed by atoms with Gasteiger partial charge >= 0.3 is 0 Å². The molecule has 258 valence electrons. The number of aliphatic hydroxyl groups excluding tert-OH is 2. The van der Waals surface area contributed by atoms with Crippen molar-refractivity contribution in [2.24, 2.45) is 5.92 Å². The topological polar surface area (TPSA) is 104 Å². The van der Waals surface area contributed by atoms with Gasteiger partial charge in [-0.1, -0.05) is 97.9 Å². The second-order valence-electron chi connectivity index (χ2n) is 13.1. The van der Waals surface area contributed by atoms with Gasteiger partial charge in [-0.25, -0.2) is 0 Å². The van der Waals surface area contributed by atoms with Crippen molar-refractivity contribution in [2.75, 3.05) is 13.6 Å². The summed E-state index contributed by atoms with van der Waals surface area (Å²) in [4.78, 5) is 18.8. The van der Waals surface area contributed by atoms with Gasteiger partial charge < -0.3 is 25.0 Å². The van der Waals surface area contributed by atoms with Crippen molar-refractivity contribution in [3.8, 4) is 11.1 Å². The van der Waals surface area contributed by atoms with Crippen LogP contribution in [0.3, 0.4) is 0 Å². The molecule has 6 atom stereocenters. The lowest BCUT2D eigenvalue weighted by Gasteiger charge is -2.43. The molecule has 6 rings (SSSR count). The first-order chi connectivity index (χ1) is 24.3. The van der Waals surface area contributed by atoms with Crippen molar-refractivity contribution in [3.63, 3.8) is 0 Å². The molecule has 1 aromatic heterocycles. The summed E-state index contributed by atoms with van der Waals surface area (Å²) in [7, 11) is 2.02. The van der Waals surface area contributed by atoms with E-state index in [0.717, 1.165) is 38.9 Å². The standard InChI is InChI=1S/C42H45N3O5/c1-28-38(26-45(3)29(2)39(47)32-11-5-4-6-12-32)49-42(50-40(28)33-19-17-30(27-46)18-20-33)36-15-8-14-35(23-36)34-13-7-10-31(22-34)24-44-41(48)37-16-9-21-43-25-37/h4-23,25,28-29,38-40,42,46-47H,24,26-27H2,1-3H3,(H,44,48)/t28-,29+,38+,39+,40+,42+/m1/s1. The number of rotatable bonds is 12. The number of carbonyl (C=O) groups excluding carboxylic acids is 1. The number of hydrogen-bond donors (Lipinski definition) is 3. The van der Waals surface area contributed by atoms with Crippen LogP contribution in [0.4, 0.5) is 0 Å². The van der Waals surface area contributed by atoms with Crippen LogP contribution in [0.1, 0.15) is 70.5 Å². The van der Waals surface area contributed by atoms with E-state index in [4.69, 9.17) is 9.47 Å². The van der Waals surface area contributed by atoms with Crippen LogP contribution in [0.2, 0.25) is 0 Å². The summed E-state index contributed by atoms with van der Waals surface area (Å²) in [5.41, 5.74) is 7.15. The fourth-order valence-electron chi connectivity index (χ4n) is 6.46. The highest BCUT2D eigenvalue weighted by Crippen LogP contribution is 2.42. The molecule has 8 heteroatoms. The molecule has 4 aromatic carbocycles. The highest BCUT2D eigenvalue weighted by Gasteiger charge is 2.39. The molecule has 3 N–H and O–H groups in total. The molecule has 1 amide bonds. The van der Waals surface area contributed by atoms with Gasteiger partial charge in [0.1, 0.15) is 0 Å². The van der Waals surface area contributed by atoms with Gasteiger partial charge in [-0.15, -0.1) is 0 Å². The van der Waals surface area contributed by atoms with Gasteiger partial charge in [0, 0.05) is 43.0 Å². The number of hydrogen-bond acceptors (Lipinski definition) is 7. The smallest absolute Gasteiger partial charge is 0.253 e. The average molecular weight is 672 g/mol. The molecule has 8 nitrogen and oxygen atoms in total. The van der Waals surface area contributed by atoms with Crippen molar-refractivity contribution >= 4 is 5.91 Å². The predicted molar refractivity (Wildman–Crippen MR) is 194 cm³/mol. The molecule has 0 unspecified atom stereocenters. The largest absolute Gasteiger partial charge is 0.392 e. The second-order valence-corrected chi connectivity index (χ2v) is 13.1. The Morgan fingerprint density at radius 3 is 2.32 bits per heavy atom. The van der Waals surface area contributed by atoms with E-state index >= 15 is 0 Å². The van der Waals surface area contributed by atoms with Crippen LogP contribution in [-0.4, -0.2) is 51.7 Å². The minimum Gasteiger partial charge on any atom is -0.392 e. The number of aromatic nitrogens is 1. The Labute approximate surface area is 294 Å².